The van der Waals surface area contributed by atoms with Gasteiger partial charge in [0.1, 0.15) is 5.75 Å². The second-order valence-corrected chi connectivity index (χ2v) is 4.52. The standard InChI is InChI=1S/C15H23NO3/c1-3-19-14-7-5-4-6-13(14)8-9-15(18)16-12(2)10-11-17/h4-7,12,17H,3,8-11H2,1-2H3,(H,16,18). The van der Waals surface area contributed by atoms with E-state index in [2.05, 4.69) is 5.32 Å². The van der Waals surface area contributed by atoms with Gasteiger partial charge in [-0.25, -0.2) is 0 Å². The van der Waals surface area contributed by atoms with Gasteiger partial charge >= 0.3 is 0 Å². The minimum absolute atomic E-state index is 0.00671. The molecule has 4 heteroatoms. The smallest absolute Gasteiger partial charge is 0.220 e. The fourth-order valence-electron chi connectivity index (χ4n) is 1.87. The van der Waals surface area contributed by atoms with Crippen LogP contribution in [-0.4, -0.2) is 30.3 Å². The lowest BCUT2D eigenvalue weighted by atomic mass is 10.1. The lowest BCUT2D eigenvalue weighted by Gasteiger charge is -2.13. The molecule has 0 saturated heterocycles. The molecule has 1 unspecified atom stereocenters. The van der Waals surface area contributed by atoms with Crippen molar-refractivity contribution in [2.24, 2.45) is 0 Å². The summed E-state index contributed by atoms with van der Waals surface area (Å²) in [5.74, 6) is 0.855. The lowest BCUT2D eigenvalue weighted by molar-refractivity contribution is -0.121. The normalized spacial score (nSPS) is 11.9. The molecule has 0 bridgehead atoms. The number of aliphatic hydroxyl groups is 1. The average molecular weight is 265 g/mol. The first kappa shape index (κ1) is 15.5. The Labute approximate surface area is 114 Å². The number of hydrogen-bond donors (Lipinski definition) is 2. The zero-order valence-corrected chi connectivity index (χ0v) is 11.7. The highest BCUT2D eigenvalue weighted by Gasteiger charge is 2.09. The average Bonchev–Trinajstić information content (AvgIpc) is 2.38. The highest BCUT2D eigenvalue weighted by Crippen LogP contribution is 2.19. The monoisotopic (exact) mass is 265 g/mol. The van der Waals surface area contributed by atoms with E-state index in [1.807, 2.05) is 38.1 Å². The quantitative estimate of drug-likeness (QED) is 0.755. The predicted molar refractivity (Wildman–Crippen MR) is 75.2 cm³/mol. The fraction of sp³-hybridized carbons (Fsp3) is 0.533. The summed E-state index contributed by atoms with van der Waals surface area (Å²) in [5, 5.41) is 11.6. The molecule has 2 N–H and O–H groups in total. The van der Waals surface area contributed by atoms with Crippen molar-refractivity contribution >= 4 is 5.91 Å². The number of aryl methyl sites for hydroxylation is 1. The Hall–Kier alpha value is -1.55. The SMILES string of the molecule is CCOc1ccccc1CCC(=O)NC(C)CCO. The summed E-state index contributed by atoms with van der Waals surface area (Å²) in [7, 11) is 0. The number of benzene rings is 1. The number of carbonyl (C=O) groups excluding carboxylic acids is 1. The number of hydrogen-bond acceptors (Lipinski definition) is 3. The number of ether oxygens (including phenoxy) is 1. The van der Waals surface area contributed by atoms with Crippen LogP contribution >= 0.6 is 0 Å². The molecule has 0 fully saturated rings. The molecule has 106 valence electrons. The second kappa shape index (κ2) is 8.53. The van der Waals surface area contributed by atoms with Crippen molar-refractivity contribution in [2.75, 3.05) is 13.2 Å². The first-order chi connectivity index (χ1) is 9.17. The first-order valence-corrected chi connectivity index (χ1v) is 6.78. The van der Waals surface area contributed by atoms with E-state index in [0.29, 0.717) is 25.9 Å². The number of para-hydroxylation sites is 1. The topological polar surface area (TPSA) is 58.6 Å². The van der Waals surface area contributed by atoms with E-state index in [9.17, 15) is 4.79 Å². The third-order valence-corrected chi connectivity index (χ3v) is 2.86. The van der Waals surface area contributed by atoms with E-state index in [-0.39, 0.29) is 18.6 Å². The minimum atomic E-state index is 0.00671. The molecular weight excluding hydrogens is 242 g/mol. The van der Waals surface area contributed by atoms with Gasteiger partial charge in [0.25, 0.3) is 0 Å². The van der Waals surface area contributed by atoms with Crippen molar-refractivity contribution in [1.82, 2.24) is 5.32 Å². The van der Waals surface area contributed by atoms with Crippen LogP contribution in [0.25, 0.3) is 0 Å². The van der Waals surface area contributed by atoms with Gasteiger partial charge in [-0.3, -0.25) is 4.79 Å². The molecule has 0 aromatic heterocycles. The lowest BCUT2D eigenvalue weighted by Crippen LogP contribution is -2.33. The summed E-state index contributed by atoms with van der Waals surface area (Å²) in [6.07, 6.45) is 1.68. The summed E-state index contributed by atoms with van der Waals surface area (Å²) in [5.41, 5.74) is 1.05. The summed E-state index contributed by atoms with van der Waals surface area (Å²) >= 11 is 0. The van der Waals surface area contributed by atoms with Gasteiger partial charge in [0.15, 0.2) is 0 Å². The van der Waals surface area contributed by atoms with Crippen LogP contribution in [0.2, 0.25) is 0 Å². The van der Waals surface area contributed by atoms with E-state index in [0.717, 1.165) is 11.3 Å². The largest absolute Gasteiger partial charge is 0.494 e. The van der Waals surface area contributed by atoms with Gasteiger partial charge in [0.2, 0.25) is 5.91 Å². The molecule has 0 saturated carbocycles. The Morgan fingerprint density at radius 3 is 2.84 bits per heavy atom. The third-order valence-electron chi connectivity index (χ3n) is 2.86. The maximum Gasteiger partial charge on any atom is 0.220 e. The van der Waals surface area contributed by atoms with Gasteiger partial charge in [-0.1, -0.05) is 18.2 Å². The van der Waals surface area contributed by atoms with E-state index in [1.165, 1.54) is 0 Å². The van der Waals surface area contributed by atoms with Crippen LogP contribution in [0.5, 0.6) is 5.75 Å². The predicted octanol–water partition coefficient (Wildman–Crippen LogP) is 1.90. The van der Waals surface area contributed by atoms with Gasteiger partial charge < -0.3 is 15.2 Å². The van der Waals surface area contributed by atoms with Gasteiger partial charge in [-0.2, -0.15) is 0 Å². The molecule has 1 aromatic carbocycles. The number of carbonyl (C=O) groups is 1. The minimum Gasteiger partial charge on any atom is -0.494 e. The number of amides is 1. The second-order valence-electron chi connectivity index (χ2n) is 4.52. The highest BCUT2D eigenvalue weighted by atomic mass is 16.5. The summed E-state index contributed by atoms with van der Waals surface area (Å²) < 4.78 is 5.52. The molecule has 1 aromatic rings. The van der Waals surface area contributed by atoms with Gasteiger partial charge in [0, 0.05) is 19.1 Å². The van der Waals surface area contributed by atoms with E-state index in [4.69, 9.17) is 9.84 Å². The molecule has 19 heavy (non-hydrogen) atoms. The molecule has 0 heterocycles. The Morgan fingerprint density at radius 1 is 1.42 bits per heavy atom. The van der Waals surface area contributed by atoms with Gasteiger partial charge in [-0.05, 0) is 38.3 Å². The van der Waals surface area contributed by atoms with Crippen LogP contribution < -0.4 is 10.1 Å². The van der Waals surface area contributed by atoms with Crippen LogP contribution in [0.4, 0.5) is 0 Å². The maximum absolute atomic E-state index is 11.7. The Balaban J connectivity index is 2.45. The first-order valence-electron chi connectivity index (χ1n) is 6.78. The van der Waals surface area contributed by atoms with Crippen molar-refractivity contribution < 1.29 is 14.6 Å². The molecule has 0 spiro atoms. The van der Waals surface area contributed by atoms with E-state index in [1.54, 1.807) is 0 Å². The van der Waals surface area contributed by atoms with Gasteiger partial charge in [-0.15, -0.1) is 0 Å². The van der Waals surface area contributed by atoms with Crippen LogP contribution in [0, 0.1) is 0 Å². The van der Waals surface area contributed by atoms with Crippen LogP contribution in [0.15, 0.2) is 24.3 Å². The maximum atomic E-state index is 11.7. The van der Waals surface area contributed by atoms with E-state index < -0.39 is 0 Å². The fourth-order valence-corrected chi connectivity index (χ4v) is 1.87. The zero-order valence-electron chi connectivity index (χ0n) is 11.7. The number of nitrogens with one attached hydrogen (secondary N) is 1. The highest BCUT2D eigenvalue weighted by molar-refractivity contribution is 5.76. The summed E-state index contributed by atoms with van der Waals surface area (Å²) in [4.78, 5) is 11.7. The molecule has 0 radical (unpaired) electrons. The number of rotatable bonds is 8. The van der Waals surface area contributed by atoms with Crippen LogP contribution in [-0.2, 0) is 11.2 Å². The molecule has 4 nitrogen and oxygen atoms in total. The molecule has 1 amide bonds. The molecule has 0 aliphatic heterocycles. The molecule has 1 rings (SSSR count). The summed E-state index contributed by atoms with van der Waals surface area (Å²) in [6, 6.07) is 7.79. The molecular formula is C15H23NO3. The van der Waals surface area contributed by atoms with Crippen molar-refractivity contribution in [3.63, 3.8) is 0 Å². The van der Waals surface area contributed by atoms with Crippen LogP contribution in [0.1, 0.15) is 32.3 Å². The van der Waals surface area contributed by atoms with Gasteiger partial charge in [0.05, 0.1) is 6.61 Å². The zero-order chi connectivity index (χ0) is 14.1. The van der Waals surface area contributed by atoms with E-state index >= 15 is 0 Å². The Morgan fingerprint density at radius 2 is 2.16 bits per heavy atom. The van der Waals surface area contributed by atoms with Crippen molar-refractivity contribution in [3.8, 4) is 5.75 Å². The molecule has 0 aliphatic rings. The molecule has 1 atom stereocenters. The Bertz CT molecular complexity index is 393. The van der Waals surface area contributed by atoms with Crippen molar-refractivity contribution in [3.05, 3.63) is 29.8 Å². The van der Waals surface area contributed by atoms with Crippen LogP contribution in [0.3, 0.4) is 0 Å². The summed E-state index contributed by atoms with van der Waals surface area (Å²) in [6.45, 7) is 4.55. The van der Waals surface area contributed by atoms with Crippen molar-refractivity contribution in [2.45, 2.75) is 39.2 Å². The van der Waals surface area contributed by atoms with Crippen molar-refractivity contribution in [1.29, 1.82) is 0 Å². The Kier molecular flexibility index (Phi) is 6.97. The molecule has 0 aliphatic carbocycles. The number of aliphatic hydroxyl groups excluding tert-OH is 1. The third kappa shape index (κ3) is 5.75.